The highest BCUT2D eigenvalue weighted by molar-refractivity contribution is 5.05. The van der Waals surface area contributed by atoms with Crippen molar-refractivity contribution in [3.63, 3.8) is 0 Å². The van der Waals surface area contributed by atoms with E-state index >= 15 is 0 Å². The molecule has 0 saturated heterocycles. The summed E-state index contributed by atoms with van der Waals surface area (Å²) in [5.74, 6) is 4.36. The lowest BCUT2D eigenvalue weighted by molar-refractivity contribution is -0.120. The van der Waals surface area contributed by atoms with Crippen LogP contribution in [0.4, 0.5) is 0 Å². The fourth-order valence-corrected chi connectivity index (χ4v) is 4.88. The molecule has 5 saturated carbocycles. The van der Waals surface area contributed by atoms with Gasteiger partial charge < -0.3 is 0 Å². The van der Waals surface area contributed by atoms with Gasteiger partial charge in [0.25, 0.3) is 0 Å². The van der Waals surface area contributed by atoms with Gasteiger partial charge in [0.15, 0.2) is 0 Å². The smallest absolute Gasteiger partial charge is 0.0243 e. The van der Waals surface area contributed by atoms with E-state index in [9.17, 15) is 0 Å². The van der Waals surface area contributed by atoms with Crippen LogP contribution in [0.2, 0.25) is 0 Å². The monoisotopic (exact) mass is 178 g/mol. The van der Waals surface area contributed by atoms with Crippen LogP contribution in [-0.4, -0.2) is 0 Å². The predicted octanol–water partition coefficient (Wildman–Crippen LogP) is 3.86. The second-order valence-electron chi connectivity index (χ2n) is 6.16. The summed E-state index contributed by atoms with van der Waals surface area (Å²) in [5, 5.41) is 0. The minimum absolute atomic E-state index is 0.803. The first-order valence-corrected chi connectivity index (χ1v) is 6.22. The SMILES string of the molecule is CC(C)C12CCC3CC1CCC3C2. The van der Waals surface area contributed by atoms with Gasteiger partial charge in [0.05, 0.1) is 0 Å². The molecule has 0 amide bonds. The summed E-state index contributed by atoms with van der Waals surface area (Å²) >= 11 is 0. The number of hydrogen-bond acceptors (Lipinski definition) is 0. The van der Waals surface area contributed by atoms with Gasteiger partial charge >= 0.3 is 0 Å². The van der Waals surface area contributed by atoms with Crippen molar-refractivity contribution in [1.29, 1.82) is 0 Å². The van der Waals surface area contributed by atoms with Crippen LogP contribution in [0.3, 0.4) is 0 Å². The maximum atomic E-state index is 2.47. The molecule has 0 radical (unpaired) electrons. The summed E-state index contributed by atoms with van der Waals surface area (Å²) in [6, 6.07) is 0. The summed E-state index contributed by atoms with van der Waals surface area (Å²) in [4.78, 5) is 0. The van der Waals surface area contributed by atoms with E-state index in [0.717, 1.165) is 29.1 Å². The Kier molecular flexibility index (Phi) is 1.61. The van der Waals surface area contributed by atoms with Gasteiger partial charge in [-0.3, -0.25) is 0 Å². The summed E-state index contributed by atoms with van der Waals surface area (Å²) in [6.45, 7) is 4.95. The van der Waals surface area contributed by atoms with E-state index in [4.69, 9.17) is 0 Å². The lowest BCUT2D eigenvalue weighted by Gasteiger charge is -2.62. The Bertz CT molecular complexity index is 218. The summed E-state index contributed by atoms with van der Waals surface area (Å²) in [6.07, 6.45) is 9.47. The highest BCUT2D eigenvalue weighted by Gasteiger charge is 2.55. The van der Waals surface area contributed by atoms with Gasteiger partial charge in [-0.2, -0.15) is 0 Å². The predicted molar refractivity (Wildman–Crippen MR) is 55.4 cm³/mol. The average Bonchev–Trinajstić information content (AvgIpc) is 2.18. The lowest BCUT2D eigenvalue weighted by Crippen LogP contribution is -2.53. The van der Waals surface area contributed by atoms with Crippen molar-refractivity contribution in [2.45, 2.75) is 52.4 Å². The summed E-state index contributed by atoms with van der Waals surface area (Å²) < 4.78 is 0. The van der Waals surface area contributed by atoms with Crippen LogP contribution in [0.1, 0.15) is 52.4 Å². The summed E-state index contributed by atoms with van der Waals surface area (Å²) in [5.41, 5.74) is 0.803. The molecular weight excluding hydrogens is 156 g/mol. The van der Waals surface area contributed by atoms with E-state index in [1.165, 1.54) is 0 Å². The fourth-order valence-electron chi connectivity index (χ4n) is 4.88. The second kappa shape index (κ2) is 2.52. The molecule has 74 valence electrons. The Morgan fingerprint density at radius 2 is 1.92 bits per heavy atom. The van der Waals surface area contributed by atoms with Gasteiger partial charge in [-0.25, -0.2) is 0 Å². The molecule has 0 heteroatoms. The van der Waals surface area contributed by atoms with E-state index < -0.39 is 0 Å². The van der Waals surface area contributed by atoms with Gasteiger partial charge in [-0.15, -0.1) is 0 Å². The normalized spacial score (nSPS) is 53.3. The van der Waals surface area contributed by atoms with Crippen molar-refractivity contribution in [3.05, 3.63) is 0 Å². The third-order valence-corrected chi connectivity index (χ3v) is 5.73. The molecule has 5 fully saturated rings. The zero-order valence-electron chi connectivity index (χ0n) is 9.05. The Morgan fingerprint density at radius 3 is 2.46 bits per heavy atom. The van der Waals surface area contributed by atoms with Gasteiger partial charge in [-0.05, 0) is 67.6 Å². The van der Waals surface area contributed by atoms with Crippen LogP contribution in [0, 0.1) is 29.1 Å². The Hall–Kier alpha value is 0. The van der Waals surface area contributed by atoms with Gasteiger partial charge in [0.1, 0.15) is 0 Å². The largest absolute Gasteiger partial charge is 0.0622 e. The van der Waals surface area contributed by atoms with Crippen molar-refractivity contribution in [2.75, 3.05) is 0 Å². The van der Waals surface area contributed by atoms with E-state index in [1.807, 2.05) is 0 Å². The Labute approximate surface area is 82.1 Å². The molecule has 0 aromatic carbocycles. The highest BCUT2D eigenvalue weighted by atomic mass is 14.6. The topological polar surface area (TPSA) is 0 Å². The molecule has 0 aliphatic heterocycles. The Morgan fingerprint density at radius 1 is 1.08 bits per heavy atom. The van der Waals surface area contributed by atoms with Gasteiger partial charge in [0, 0.05) is 0 Å². The van der Waals surface area contributed by atoms with Crippen LogP contribution in [0.15, 0.2) is 0 Å². The van der Waals surface area contributed by atoms with Crippen LogP contribution in [0.25, 0.3) is 0 Å². The zero-order chi connectivity index (χ0) is 9.05. The molecule has 0 aromatic rings. The third-order valence-electron chi connectivity index (χ3n) is 5.73. The first-order valence-electron chi connectivity index (χ1n) is 6.22. The number of fused-ring (bicyclic) bond motifs is 2. The quantitative estimate of drug-likeness (QED) is 0.572. The van der Waals surface area contributed by atoms with Crippen LogP contribution in [0.5, 0.6) is 0 Å². The lowest BCUT2D eigenvalue weighted by atomic mass is 9.43. The van der Waals surface area contributed by atoms with Crippen molar-refractivity contribution in [2.24, 2.45) is 29.1 Å². The molecule has 0 spiro atoms. The molecule has 5 aliphatic rings. The molecule has 4 atom stereocenters. The molecule has 0 heterocycles. The Balaban J connectivity index is 1.96. The van der Waals surface area contributed by atoms with Gasteiger partial charge in [-0.1, -0.05) is 13.8 Å². The molecule has 4 unspecified atom stereocenters. The average molecular weight is 178 g/mol. The fraction of sp³-hybridized carbons (Fsp3) is 1.00. The number of rotatable bonds is 1. The standard InChI is InChI=1S/C13H22/c1-9(2)13-6-5-10-7-12(13)4-3-11(10)8-13/h9-12H,3-8H2,1-2H3. The third kappa shape index (κ3) is 0.926. The molecule has 4 bridgehead atoms. The van der Waals surface area contributed by atoms with Crippen LogP contribution < -0.4 is 0 Å². The maximum absolute atomic E-state index is 2.47. The summed E-state index contributed by atoms with van der Waals surface area (Å²) in [7, 11) is 0. The van der Waals surface area contributed by atoms with E-state index in [1.54, 1.807) is 38.5 Å². The first kappa shape index (κ1) is 8.32. The van der Waals surface area contributed by atoms with Crippen molar-refractivity contribution in [3.8, 4) is 0 Å². The minimum atomic E-state index is 0.803. The molecular formula is C13H22. The maximum Gasteiger partial charge on any atom is -0.0243 e. The highest BCUT2D eigenvalue weighted by Crippen LogP contribution is 2.65. The number of hydrogen-bond donors (Lipinski definition) is 0. The molecule has 0 N–H and O–H groups in total. The van der Waals surface area contributed by atoms with Crippen LogP contribution >= 0.6 is 0 Å². The second-order valence-corrected chi connectivity index (χ2v) is 6.16. The molecule has 0 aromatic heterocycles. The van der Waals surface area contributed by atoms with E-state index in [0.29, 0.717) is 0 Å². The minimum Gasteiger partial charge on any atom is -0.0622 e. The first-order chi connectivity index (χ1) is 6.22. The molecule has 5 aliphatic carbocycles. The van der Waals surface area contributed by atoms with E-state index in [-0.39, 0.29) is 0 Å². The van der Waals surface area contributed by atoms with Crippen molar-refractivity contribution in [1.82, 2.24) is 0 Å². The van der Waals surface area contributed by atoms with Crippen LogP contribution in [-0.2, 0) is 0 Å². The van der Waals surface area contributed by atoms with Gasteiger partial charge in [0.2, 0.25) is 0 Å². The zero-order valence-corrected chi connectivity index (χ0v) is 9.05. The van der Waals surface area contributed by atoms with Crippen molar-refractivity contribution >= 4 is 0 Å². The molecule has 5 rings (SSSR count). The van der Waals surface area contributed by atoms with E-state index in [2.05, 4.69) is 13.8 Å². The molecule has 13 heavy (non-hydrogen) atoms. The van der Waals surface area contributed by atoms with Crippen molar-refractivity contribution < 1.29 is 0 Å². The molecule has 0 nitrogen and oxygen atoms in total.